The molecular formula is C13H15N3O3. The molecule has 2 aromatic rings. The molecule has 1 amide bonds. The monoisotopic (exact) mass is 261 g/mol. The summed E-state index contributed by atoms with van der Waals surface area (Å²) < 4.78 is 0. The highest BCUT2D eigenvalue weighted by Crippen LogP contribution is 2.25. The molecule has 6 nitrogen and oxygen atoms in total. The number of hydrogen-bond donors (Lipinski definition) is 4. The Hall–Kier alpha value is -2.50. The van der Waals surface area contributed by atoms with Crippen molar-refractivity contribution in [1.29, 1.82) is 0 Å². The van der Waals surface area contributed by atoms with E-state index in [-0.39, 0.29) is 23.0 Å². The number of benzene rings is 1. The molecule has 0 fully saturated rings. The zero-order chi connectivity index (χ0) is 14.0. The summed E-state index contributed by atoms with van der Waals surface area (Å²) in [5.74, 6) is -0.301. The lowest BCUT2D eigenvalue weighted by atomic mass is 10.1. The molecule has 0 bridgehead atoms. The lowest BCUT2D eigenvalue weighted by molar-refractivity contribution is 0.102. The maximum absolute atomic E-state index is 11.9. The van der Waals surface area contributed by atoms with E-state index in [1.54, 1.807) is 6.07 Å². The van der Waals surface area contributed by atoms with Gasteiger partial charge in [-0.1, -0.05) is 13.8 Å². The third kappa shape index (κ3) is 2.85. The Morgan fingerprint density at radius 3 is 2.58 bits per heavy atom. The van der Waals surface area contributed by atoms with Crippen LogP contribution >= 0.6 is 0 Å². The van der Waals surface area contributed by atoms with Gasteiger partial charge in [-0.25, -0.2) is 0 Å². The molecule has 0 aliphatic rings. The van der Waals surface area contributed by atoms with Crippen LogP contribution in [0.5, 0.6) is 11.5 Å². The van der Waals surface area contributed by atoms with E-state index in [4.69, 9.17) is 0 Å². The minimum absolute atomic E-state index is 0.240. The Balaban J connectivity index is 2.13. The number of carbonyl (C=O) groups excluding carboxylic acids is 1. The quantitative estimate of drug-likeness (QED) is 0.636. The van der Waals surface area contributed by atoms with Crippen molar-refractivity contribution >= 4 is 11.7 Å². The number of amides is 1. The summed E-state index contributed by atoms with van der Waals surface area (Å²) in [6.45, 7) is 4.02. The third-order valence-electron chi connectivity index (χ3n) is 2.70. The number of hydrogen-bond acceptors (Lipinski definition) is 4. The number of phenolic OH excluding ortho intramolecular Hbond substituents is 2. The first kappa shape index (κ1) is 12.9. The molecule has 4 N–H and O–H groups in total. The average Bonchev–Trinajstić information content (AvgIpc) is 2.81. The van der Waals surface area contributed by atoms with Gasteiger partial charge in [0.1, 0.15) is 0 Å². The standard InChI is InChI=1S/C13H15N3O3/c1-7(2)9-6-12(16-15-9)14-13(19)8-3-4-10(17)11(18)5-8/h3-7,17-18H,1-2H3,(H2,14,15,16,19). The molecule has 6 heteroatoms. The molecule has 2 rings (SSSR count). The molecule has 100 valence electrons. The first-order chi connectivity index (χ1) is 8.97. The number of nitrogens with one attached hydrogen (secondary N) is 2. The number of aromatic hydroxyl groups is 2. The van der Waals surface area contributed by atoms with Gasteiger partial charge in [-0.3, -0.25) is 9.89 Å². The highest BCUT2D eigenvalue weighted by atomic mass is 16.3. The molecule has 1 heterocycles. The van der Waals surface area contributed by atoms with E-state index in [0.29, 0.717) is 5.82 Å². The normalized spacial score (nSPS) is 10.7. The number of aromatic amines is 1. The van der Waals surface area contributed by atoms with Crippen LogP contribution in [0.2, 0.25) is 0 Å². The molecule has 19 heavy (non-hydrogen) atoms. The predicted molar refractivity (Wildman–Crippen MR) is 70.4 cm³/mol. The summed E-state index contributed by atoms with van der Waals surface area (Å²) in [7, 11) is 0. The van der Waals surface area contributed by atoms with Gasteiger partial charge >= 0.3 is 0 Å². The number of anilines is 1. The van der Waals surface area contributed by atoms with Gasteiger partial charge in [0, 0.05) is 17.3 Å². The molecule has 0 aliphatic heterocycles. The van der Waals surface area contributed by atoms with E-state index >= 15 is 0 Å². The molecule has 0 atom stereocenters. The van der Waals surface area contributed by atoms with Gasteiger partial charge in [0.25, 0.3) is 5.91 Å². The maximum Gasteiger partial charge on any atom is 0.257 e. The highest BCUT2D eigenvalue weighted by molar-refractivity contribution is 6.04. The van der Waals surface area contributed by atoms with Gasteiger partial charge in [0.2, 0.25) is 0 Å². The minimum Gasteiger partial charge on any atom is -0.504 e. The van der Waals surface area contributed by atoms with Crippen molar-refractivity contribution in [3.8, 4) is 11.5 Å². The average molecular weight is 261 g/mol. The molecule has 0 aliphatic carbocycles. The molecule has 0 saturated carbocycles. The summed E-state index contributed by atoms with van der Waals surface area (Å²) >= 11 is 0. The highest BCUT2D eigenvalue weighted by Gasteiger charge is 2.11. The van der Waals surface area contributed by atoms with E-state index in [1.165, 1.54) is 18.2 Å². The predicted octanol–water partition coefficient (Wildman–Crippen LogP) is 2.20. The van der Waals surface area contributed by atoms with Crippen molar-refractivity contribution in [1.82, 2.24) is 10.2 Å². The molecule has 0 saturated heterocycles. The van der Waals surface area contributed by atoms with Crippen LogP contribution in [-0.2, 0) is 0 Å². The van der Waals surface area contributed by atoms with E-state index in [2.05, 4.69) is 15.5 Å². The zero-order valence-electron chi connectivity index (χ0n) is 10.6. The number of phenols is 2. The fourth-order valence-corrected chi connectivity index (χ4v) is 1.55. The second kappa shape index (κ2) is 5.01. The largest absolute Gasteiger partial charge is 0.504 e. The second-order valence-electron chi connectivity index (χ2n) is 4.52. The van der Waals surface area contributed by atoms with Gasteiger partial charge < -0.3 is 15.5 Å². The van der Waals surface area contributed by atoms with Crippen molar-refractivity contribution in [2.45, 2.75) is 19.8 Å². The smallest absolute Gasteiger partial charge is 0.257 e. The lowest BCUT2D eigenvalue weighted by Crippen LogP contribution is -2.11. The first-order valence-corrected chi connectivity index (χ1v) is 5.86. The fraction of sp³-hybridized carbons (Fsp3) is 0.231. The van der Waals surface area contributed by atoms with Crippen LogP contribution in [0.1, 0.15) is 35.8 Å². The van der Waals surface area contributed by atoms with Crippen LogP contribution in [-0.4, -0.2) is 26.3 Å². The van der Waals surface area contributed by atoms with Crippen molar-refractivity contribution in [3.05, 3.63) is 35.5 Å². The van der Waals surface area contributed by atoms with Gasteiger partial charge in [0.05, 0.1) is 0 Å². The van der Waals surface area contributed by atoms with E-state index < -0.39 is 5.91 Å². The minimum atomic E-state index is -0.405. The Kier molecular flexibility index (Phi) is 3.41. The van der Waals surface area contributed by atoms with Crippen LogP contribution in [0.15, 0.2) is 24.3 Å². The molecule has 1 aromatic heterocycles. The Labute approximate surface area is 110 Å². The van der Waals surface area contributed by atoms with Crippen LogP contribution in [0, 0.1) is 0 Å². The summed E-state index contributed by atoms with van der Waals surface area (Å²) in [6.07, 6.45) is 0. The summed E-state index contributed by atoms with van der Waals surface area (Å²) in [5, 5.41) is 27.9. The molecule has 0 spiro atoms. The molecule has 0 radical (unpaired) electrons. The van der Waals surface area contributed by atoms with Crippen LogP contribution in [0.4, 0.5) is 5.82 Å². The molecule has 0 unspecified atom stereocenters. The van der Waals surface area contributed by atoms with Crippen LogP contribution < -0.4 is 5.32 Å². The van der Waals surface area contributed by atoms with Crippen LogP contribution in [0.3, 0.4) is 0 Å². The number of rotatable bonds is 3. The van der Waals surface area contributed by atoms with Crippen LogP contribution in [0.25, 0.3) is 0 Å². The van der Waals surface area contributed by atoms with Crippen molar-refractivity contribution in [2.75, 3.05) is 5.32 Å². The third-order valence-corrected chi connectivity index (χ3v) is 2.70. The van der Waals surface area contributed by atoms with Gasteiger partial charge in [0.15, 0.2) is 17.3 Å². The fourth-order valence-electron chi connectivity index (χ4n) is 1.55. The first-order valence-electron chi connectivity index (χ1n) is 5.86. The summed E-state index contributed by atoms with van der Waals surface area (Å²) in [4.78, 5) is 11.9. The van der Waals surface area contributed by atoms with Gasteiger partial charge in [-0.15, -0.1) is 0 Å². The zero-order valence-corrected chi connectivity index (χ0v) is 10.6. The van der Waals surface area contributed by atoms with Gasteiger partial charge in [-0.05, 0) is 24.1 Å². The maximum atomic E-state index is 11.9. The molecule has 1 aromatic carbocycles. The number of nitrogens with zero attached hydrogens (tertiary/aromatic N) is 1. The topological polar surface area (TPSA) is 98.2 Å². The lowest BCUT2D eigenvalue weighted by Gasteiger charge is -2.03. The Morgan fingerprint density at radius 1 is 1.26 bits per heavy atom. The number of aromatic nitrogens is 2. The Morgan fingerprint density at radius 2 is 2.00 bits per heavy atom. The summed E-state index contributed by atoms with van der Waals surface area (Å²) in [6, 6.07) is 5.62. The Bertz CT molecular complexity index is 605. The van der Waals surface area contributed by atoms with Crippen molar-refractivity contribution in [2.24, 2.45) is 0 Å². The van der Waals surface area contributed by atoms with E-state index in [1.807, 2.05) is 13.8 Å². The number of H-pyrrole nitrogens is 1. The van der Waals surface area contributed by atoms with E-state index in [0.717, 1.165) is 5.69 Å². The molecular weight excluding hydrogens is 246 g/mol. The van der Waals surface area contributed by atoms with Gasteiger partial charge in [-0.2, -0.15) is 5.10 Å². The van der Waals surface area contributed by atoms with Crippen molar-refractivity contribution < 1.29 is 15.0 Å². The number of carbonyl (C=O) groups is 1. The second-order valence-corrected chi connectivity index (χ2v) is 4.52. The summed E-state index contributed by atoms with van der Waals surface area (Å²) in [5.41, 5.74) is 1.16. The van der Waals surface area contributed by atoms with E-state index in [9.17, 15) is 15.0 Å². The van der Waals surface area contributed by atoms with Crippen molar-refractivity contribution in [3.63, 3.8) is 0 Å². The SMILES string of the molecule is CC(C)c1cc(NC(=O)c2ccc(O)c(O)c2)n[nH]1.